The predicted octanol–water partition coefficient (Wildman–Crippen LogP) is 4.79. The number of carbonyl (C=O) groups excluding carboxylic acids is 2. The number of carbonyl (C=O) groups is 2. The van der Waals surface area contributed by atoms with Gasteiger partial charge in [0, 0.05) is 18.8 Å². The molecule has 0 aliphatic carbocycles. The van der Waals surface area contributed by atoms with Gasteiger partial charge in [0.2, 0.25) is 0 Å². The first-order valence-electron chi connectivity index (χ1n) is 12.1. The van der Waals surface area contributed by atoms with Crippen molar-refractivity contribution >= 4 is 12.0 Å². The topological polar surface area (TPSA) is 61.9 Å². The van der Waals surface area contributed by atoms with E-state index in [1.165, 1.54) is 5.56 Å². The summed E-state index contributed by atoms with van der Waals surface area (Å²) in [6.45, 7) is 17.5. The molecule has 2 amide bonds. The molecule has 33 heavy (non-hydrogen) atoms. The van der Waals surface area contributed by atoms with Crippen LogP contribution in [0.3, 0.4) is 0 Å². The molecule has 1 N–H and O–H groups in total. The number of likely N-dealkylation sites (tertiary alicyclic amines) is 1. The fourth-order valence-corrected chi connectivity index (χ4v) is 4.50. The van der Waals surface area contributed by atoms with E-state index in [9.17, 15) is 9.59 Å². The van der Waals surface area contributed by atoms with E-state index in [0.29, 0.717) is 24.6 Å². The van der Waals surface area contributed by atoms with Gasteiger partial charge in [-0.05, 0) is 55.3 Å². The Bertz CT molecular complexity index is 890. The van der Waals surface area contributed by atoms with Crippen LogP contribution in [0.15, 0.2) is 48.2 Å². The van der Waals surface area contributed by atoms with Gasteiger partial charge in [-0.25, -0.2) is 9.59 Å². The molecular weight excluding hydrogens is 414 g/mol. The first kappa shape index (κ1) is 25.0. The molecule has 1 atom stereocenters. The van der Waals surface area contributed by atoms with Crippen molar-refractivity contribution in [1.82, 2.24) is 15.1 Å². The first-order valence-corrected chi connectivity index (χ1v) is 12.1. The molecule has 2 heterocycles. The van der Waals surface area contributed by atoms with E-state index < -0.39 is 6.04 Å². The summed E-state index contributed by atoms with van der Waals surface area (Å²) in [6.07, 6.45) is 3.93. The molecule has 0 saturated carbocycles. The highest BCUT2D eigenvalue weighted by Crippen LogP contribution is 2.34. The average molecular weight is 454 g/mol. The Labute approximate surface area is 198 Å². The van der Waals surface area contributed by atoms with Gasteiger partial charge in [-0.3, -0.25) is 9.80 Å². The van der Waals surface area contributed by atoms with Crippen LogP contribution in [0.1, 0.15) is 64.6 Å². The van der Waals surface area contributed by atoms with Gasteiger partial charge in [0.1, 0.15) is 0 Å². The molecule has 6 nitrogen and oxygen atoms in total. The number of ether oxygens (including phenoxy) is 1. The number of nitrogens with zero attached hydrogens (tertiary/aromatic N) is 2. The summed E-state index contributed by atoms with van der Waals surface area (Å²) in [6, 6.07) is 7.40. The fraction of sp³-hybridized carbons (Fsp3) is 0.556. The molecule has 0 bridgehead atoms. The van der Waals surface area contributed by atoms with E-state index >= 15 is 0 Å². The molecule has 0 radical (unpaired) electrons. The average Bonchev–Trinajstić information content (AvgIpc) is 2.77. The van der Waals surface area contributed by atoms with Gasteiger partial charge >= 0.3 is 12.0 Å². The molecule has 180 valence electrons. The highest BCUT2D eigenvalue weighted by atomic mass is 16.5. The smallest absolute Gasteiger partial charge is 0.338 e. The van der Waals surface area contributed by atoms with Gasteiger partial charge in [0.25, 0.3) is 0 Å². The summed E-state index contributed by atoms with van der Waals surface area (Å²) < 4.78 is 5.49. The molecule has 0 aromatic heterocycles. The maximum absolute atomic E-state index is 13.3. The lowest BCUT2D eigenvalue weighted by Gasteiger charge is -2.39. The Hall–Kier alpha value is -2.60. The summed E-state index contributed by atoms with van der Waals surface area (Å²) in [5, 5.41) is 3.05. The zero-order valence-corrected chi connectivity index (χ0v) is 20.8. The normalized spacial score (nSPS) is 20.6. The number of nitrogens with one attached hydrogen (secondary N) is 1. The molecule has 6 heteroatoms. The largest absolute Gasteiger partial charge is 0.463 e. The van der Waals surface area contributed by atoms with Crippen LogP contribution in [0, 0.1) is 5.92 Å². The summed E-state index contributed by atoms with van der Waals surface area (Å²) >= 11 is 0. The lowest BCUT2D eigenvalue weighted by Crippen LogP contribution is -2.51. The van der Waals surface area contributed by atoms with Gasteiger partial charge in [-0.2, -0.15) is 0 Å². The van der Waals surface area contributed by atoms with Crippen molar-refractivity contribution in [3.05, 3.63) is 59.3 Å². The standard InChI is InChI=1S/C27H39N3O3/c1-7-15-30-22(18-29-16-13-19(3)14-17-29)23(25(31)33-8-2)24(28-26(30)32)20-9-11-21(12-10-20)27(4,5)6/h7,9-12,19,24H,1,8,13-18H2,2-6H3,(H,28,32). The molecule has 1 saturated heterocycles. The van der Waals surface area contributed by atoms with Crippen molar-refractivity contribution in [3.63, 3.8) is 0 Å². The quantitative estimate of drug-likeness (QED) is 0.477. The summed E-state index contributed by atoms with van der Waals surface area (Å²) in [5.74, 6) is 0.324. The highest BCUT2D eigenvalue weighted by Gasteiger charge is 2.38. The van der Waals surface area contributed by atoms with Gasteiger partial charge in [-0.15, -0.1) is 6.58 Å². The third-order valence-corrected chi connectivity index (χ3v) is 6.61. The molecule has 0 spiro atoms. The first-order chi connectivity index (χ1) is 15.7. The lowest BCUT2D eigenvalue weighted by atomic mass is 9.85. The van der Waals surface area contributed by atoms with E-state index in [0.717, 1.165) is 37.2 Å². The van der Waals surface area contributed by atoms with E-state index in [1.54, 1.807) is 17.9 Å². The fourth-order valence-electron chi connectivity index (χ4n) is 4.50. The number of hydrogen-bond acceptors (Lipinski definition) is 4. The summed E-state index contributed by atoms with van der Waals surface area (Å²) in [4.78, 5) is 30.4. The number of rotatable bonds is 7. The van der Waals surface area contributed by atoms with Crippen molar-refractivity contribution < 1.29 is 14.3 Å². The minimum absolute atomic E-state index is 0.0193. The third-order valence-electron chi connectivity index (χ3n) is 6.61. The van der Waals surface area contributed by atoms with Gasteiger partial charge in [0.15, 0.2) is 0 Å². The van der Waals surface area contributed by atoms with Crippen molar-refractivity contribution in [2.24, 2.45) is 5.92 Å². The van der Waals surface area contributed by atoms with Crippen LogP contribution < -0.4 is 5.32 Å². The lowest BCUT2D eigenvalue weighted by molar-refractivity contribution is -0.139. The maximum atomic E-state index is 13.3. The molecule has 1 unspecified atom stereocenters. The molecule has 1 aromatic rings. The Kier molecular flexibility index (Phi) is 8.01. The van der Waals surface area contributed by atoms with Gasteiger partial charge < -0.3 is 10.1 Å². The van der Waals surface area contributed by atoms with E-state index in [4.69, 9.17) is 4.74 Å². The van der Waals surface area contributed by atoms with Crippen LogP contribution in [0.5, 0.6) is 0 Å². The summed E-state index contributed by atoms with van der Waals surface area (Å²) in [5.41, 5.74) is 3.33. The van der Waals surface area contributed by atoms with E-state index in [-0.39, 0.29) is 24.0 Å². The zero-order valence-electron chi connectivity index (χ0n) is 20.8. The Balaban J connectivity index is 2.06. The van der Waals surface area contributed by atoms with E-state index in [1.807, 2.05) is 12.1 Å². The minimum Gasteiger partial charge on any atom is -0.463 e. The molecule has 1 aromatic carbocycles. The number of amides is 2. The zero-order chi connectivity index (χ0) is 24.2. The Morgan fingerprint density at radius 3 is 2.39 bits per heavy atom. The number of esters is 1. The van der Waals surface area contributed by atoms with Crippen LogP contribution in [0.25, 0.3) is 0 Å². The molecular formula is C27H39N3O3. The van der Waals surface area contributed by atoms with Crippen molar-refractivity contribution in [3.8, 4) is 0 Å². The van der Waals surface area contributed by atoms with Crippen LogP contribution in [0.2, 0.25) is 0 Å². The SMILES string of the molecule is C=CCN1C(=O)NC(c2ccc(C(C)(C)C)cc2)C(C(=O)OCC)=C1CN1CCC(C)CC1. The maximum Gasteiger partial charge on any atom is 0.338 e. The van der Waals surface area contributed by atoms with Crippen molar-refractivity contribution in [1.29, 1.82) is 0 Å². The number of piperidine rings is 1. The van der Waals surface area contributed by atoms with Crippen LogP contribution in [0.4, 0.5) is 4.79 Å². The van der Waals surface area contributed by atoms with Gasteiger partial charge in [-0.1, -0.05) is 58.0 Å². The molecule has 2 aliphatic heterocycles. The van der Waals surface area contributed by atoms with Crippen LogP contribution >= 0.6 is 0 Å². The van der Waals surface area contributed by atoms with E-state index in [2.05, 4.69) is 56.6 Å². The minimum atomic E-state index is -0.551. The van der Waals surface area contributed by atoms with Crippen LogP contribution in [-0.4, -0.2) is 54.6 Å². The Morgan fingerprint density at radius 1 is 1.21 bits per heavy atom. The Morgan fingerprint density at radius 2 is 1.85 bits per heavy atom. The highest BCUT2D eigenvalue weighted by molar-refractivity contribution is 5.95. The van der Waals surface area contributed by atoms with Gasteiger partial charge in [0.05, 0.1) is 18.2 Å². The molecule has 3 rings (SSSR count). The third kappa shape index (κ3) is 5.85. The molecule has 2 aliphatic rings. The van der Waals surface area contributed by atoms with Crippen molar-refractivity contribution in [2.75, 3.05) is 32.8 Å². The van der Waals surface area contributed by atoms with Crippen LogP contribution in [-0.2, 0) is 14.9 Å². The van der Waals surface area contributed by atoms with Crippen molar-refractivity contribution in [2.45, 2.75) is 58.9 Å². The monoisotopic (exact) mass is 453 g/mol. The number of benzene rings is 1. The number of urea groups is 1. The molecule has 1 fully saturated rings. The second-order valence-electron chi connectivity index (χ2n) is 10.2. The predicted molar refractivity (Wildman–Crippen MR) is 132 cm³/mol. The second-order valence-corrected chi connectivity index (χ2v) is 10.2. The second kappa shape index (κ2) is 10.6. The number of hydrogen-bond donors (Lipinski definition) is 1. The summed E-state index contributed by atoms with van der Waals surface area (Å²) in [7, 11) is 0.